The van der Waals surface area contributed by atoms with Gasteiger partial charge in [-0.1, -0.05) is 6.92 Å². The summed E-state index contributed by atoms with van der Waals surface area (Å²) >= 11 is 0. The summed E-state index contributed by atoms with van der Waals surface area (Å²) in [5.74, 6) is 1.16. The van der Waals surface area contributed by atoms with E-state index in [9.17, 15) is 0 Å². The Kier molecular flexibility index (Phi) is 6.89. The zero-order valence-corrected chi connectivity index (χ0v) is 11.3. The van der Waals surface area contributed by atoms with Gasteiger partial charge in [-0.25, -0.2) is 4.98 Å². The molecule has 4 nitrogen and oxygen atoms in total. The summed E-state index contributed by atoms with van der Waals surface area (Å²) < 4.78 is 7.62. The monoisotopic (exact) mass is 239 g/mol. The predicted molar refractivity (Wildman–Crippen MR) is 70.2 cm³/mol. The minimum atomic E-state index is 0.458. The van der Waals surface area contributed by atoms with Crippen molar-refractivity contribution in [2.45, 2.75) is 46.2 Å². The van der Waals surface area contributed by atoms with Gasteiger partial charge in [-0.05, 0) is 26.8 Å². The SMILES string of the molecule is CCNC(CCOCC)Cc1nccn1CC. The molecule has 0 aliphatic carbocycles. The second-order valence-electron chi connectivity index (χ2n) is 4.07. The highest BCUT2D eigenvalue weighted by Gasteiger charge is 2.11. The molecular formula is C13H25N3O. The minimum Gasteiger partial charge on any atom is -0.382 e. The van der Waals surface area contributed by atoms with Crippen molar-refractivity contribution in [3.8, 4) is 0 Å². The zero-order chi connectivity index (χ0) is 12.5. The van der Waals surface area contributed by atoms with Crippen LogP contribution in [0.2, 0.25) is 0 Å². The molecule has 0 aliphatic heterocycles. The first-order valence-corrected chi connectivity index (χ1v) is 6.62. The fraction of sp³-hybridized carbons (Fsp3) is 0.769. The van der Waals surface area contributed by atoms with E-state index >= 15 is 0 Å². The Hall–Kier alpha value is -0.870. The van der Waals surface area contributed by atoms with Gasteiger partial charge in [-0.3, -0.25) is 0 Å². The van der Waals surface area contributed by atoms with E-state index in [1.807, 2.05) is 19.3 Å². The van der Waals surface area contributed by atoms with Crippen molar-refractivity contribution < 1.29 is 4.74 Å². The molecule has 1 aromatic rings. The molecule has 0 amide bonds. The predicted octanol–water partition coefficient (Wildman–Crippen LogP) is 1.85. The average Bonchev–Trinajstić information content (AvgIpc) is 2.77. The molecule has 0 fully saturated rings. The number of aryl methyl sites for hydroxylation is 1. The highest BCUT2D eigenvalue weighted by Crippen LogP contribution is 2.05. The zero-order valence-electron chi connectivity index (χ0n) is 11.3. The van der Waals surface area contributed by atoms with Crippen LogP contribution >= 0.6 is 0 Å². The summed E-state index contributed by atoms with van der Waals surface area (Å²) in [5.41, 5.74) is 0. The first kappa shape index (κ1) is 14.2. The molecule has 0 saturated heterocycles. The van der Waals surface area contributed by atoms with E-state index in [1.54, 1.807) is 0 Å². The maximum Gasteiger partial charge on any atom is 0.110 e. The molecule has 0 aliphatic rings. The number of hydrogen-bond donors (Lipinski definition) is 1. The fourth-order valence-electron chi connectivity index (χ4n) is 1.97. The highest BCUT2D eigenvalue weighted by atomic mass is 16.5. The Morgan fingerprint density at radius 3 is 2.88 bits per heavy atom. The van der Waals surface area contributed by atoms with Crippen molar-refractivity contribution >= 4 is 0 Å². The highest BCUT2D eigenvalue weighted by molar-refractivity contribution is 4.95. The summed E-state index contributed by atoms with van der Waals surface area (Å²) in [4.78, 5) is 4.42. The lowest BCUT2D eigenvalue weighted by Gasteiger charge is -2.18. The molecule has 0 saturated carbocycles. The second kappa shape index (κ2) is 8.25. The normalized spacial score (nSPS) is 12.9. The Balaban J connectivity index is 2.47. The van der Waals surface area contributed by atoms with Gasteiger partial charge in [-0.2, -0.15) is 0 Å². The quantitative estimate of drug-likeness (QED) is 0.668. The van der Waals surface area contributed by atoms with E-state index < -0.39 is 0 Å². The first-order chi connectivity index (χ1) is 8.31. The van der Waals surface area contributed by atoms with Crippen LogP contribution in [0.3, 0.4) is 0 Å². The van der Waals surface area contributed by atoms with Gasteiger partial charge < -0.3 is 14.6 Å². The van der Waals surface area contributed by atoms with Crippen LogP contribution in [0.25, 0.3) is 0 Å². The van der Waals surface area contributed by atoms with Gasteiger partial charge in [0, 0.05) is 44.6 Å². The fourth-order valence-corrected chi connectivity index (χ4v) is 1.97. The van der Waals surface area contributed by atoms with Crippen molar-refractivity contribution in [3.63, 3.8) is 0 Å². The largest absolute Gasteiger partial charge is 0.382 e. The standard InChI is InChI=1S/C13H25N3O/c1-4-14-12(7-10-17-6-3)11-13-15-8-9-16(13)5-2/h8-9,12,14H,4-7,10-11H2,1-3H3. The maximum atomic E-state index is 5.42. The van der Waals surface area contributed by atoms with Gasteiger partial charge in [0.15, 0.2) is 0 Å². The van der Waals surface area contributed by atoms with Crippen LogP contribution in [0, 0.1) is 0 Å². The molecule has 0 aromatic carbocycles. The smallest absolute Gasteiger partial charge is 0.110 e. The van der Waals surface area contributed by atoms with E-state index in [0.29, 0.717) is 6.04 Å². The van der Waals surface area contributed by atoms with Crippen molar-refractivity contribution in [1.82, 2.24) is 14.9 Å². The molecule has 1 N–H and O–H groups in total. The van der Waals surface area contributed by atoms with E-state index in [1.165, 1.54) is 0 Å². The Morgan fingerprint density at radius 1 is 1.41 bits per heavy atom. The first-order valence-electron chi connectivity index (χ1n) is 6.62. The number of aromatic nitrogens is 2. The van der Waals surface area contributed by atoms with Gasteiger partial charge in [0.1, 0.15) is 5.82 Å². The molecular weight excluding hydrogens is 214 g/mol. The van der Waals surface area contributed by atoms with Crippen LogP contribution in [0.1, 0.15) is 33.0 Å². The number of imidazole rings is 1. The van der Waals surface area contributed by atoms with Gasteiger partial charge in [0.25, 0.3) is 0 Å². The molecule has 0 radical (unpaired) electrons. The molecule has 0 bridgehead atoms. The summed E-state index contributed by atoms with van der Waals surface area (Å²) in [6.45, 7) is 9.91. The number of ether oxygens (including phenoxy) is 1. The topological polar surface area (TPSA) is 39.1 Å². The van der Waals surface area contributed by atoms with E-state index in [2.05, 4.69) is 28.7 Å². The van der Waals surface area contributed by atoms with Gasteiger partial charge in [-0.15, -0.1) is 0 Å². The molecule has 1 heterocycles. The molecule has 0 spiro atoms. The number of nitrogens with one attached hydrogen (secondary N) is 1. The van der Waals surface area contributed by atoms with Crippen LogP contribution in [0.4, 0.5) is 0 Å². The molecule has 1 aromatic heterocycles. The van der Waals surface area contributed by atoms with Crippen molar-refractivity contribution in [2.75, 3.05) is 19.8 Å². The molecule has 17 heavy (non-hydrogen) atoms. The third kappa shape index (κ3) is 4.88. The van der Waals surface area contributed by atoms with Crippen LogP contribution in [0.5, 0.6) is 0 Å². The molecule has 1 rings (SSSR count). The molecule has 98 valence electrons. The Bertz CT molecular complexity index is 299. The van der Waals surface area contributed by atoms with Gasteiger partial charge in [0.2, 0.25) is 0 Å². The van der Waals surface area contributed by atoms with Crippen molar-refractivity contribution in [2.24, 2.45) is 0 Å². The molecule has 1 atom stereocenters. The van der Waals surface area contributed by atoms with Gasteiger partial charge in [0.05, 0.1) is 0 Å². The average molecular weight is 239 g/mol. The number of likely N-dealkylation sites (N-methyl/N-ethyl adjacent to an activating group) is 1. The van der Waals surface area contributed by atoms with E-state index in [-0.39, 0.29) is 0 Å². The van der Waals surface area contributed by atoms with Crippen LogP contribution in [-0.4, -0.2) is 35.4 Å². The van der Waals surface area contributed by atoms with Crippen molar-refractivity contribution in [1.29, 1.82) is 0 Å². The Morgan fingerprint density at radius 2 is 2.24 bits per heavy atom. The van der Waals surface area contributed by atoms with Crippen LogP contribution < -0.4 is 5.32 Å². The maximum absolute atomic E-state index is 5.42. The summed E-state index contributed by atoms with van der Waals surface area (Å²) in [6.07, 6.45) is 5.94. The summed E-state index contributed by atoms with van der Waals surface area (Å²) in [7, 11) is 0. The number of hydrogen-bond acceptors (Lipinski definition) is 3. The third-order valence-corrected chi connectivity index (χ3v) is 2.88. The lowest BCUT2D eigenvalue weighted by Crippen LogP contribution is -2.33. The Labute approximate surface area is 104 Å². The van der Waals surface area contributed by atoms with E-state index in [0.717, 1.165) is 45.0 Å². The number of rotatable bonds is 9. The summed E-state index contributed by atoms with van der Waals surface area (Å²) in [6, 6.07) is 0.458. The van der Waals surface area contributed by atoms with Crippen LogP contribution in [-0.2, 0) is 17.7 Å². The minimum absolute atomic E-state index is 0.458. The lowest BCUT2D eigenvalue weighted by molar-refractivity contribution is 0.136. The second-order valence-corrected chi connectivity index (χ2v) is 4.07. The van der Waals surface area contributed by atoms with Gasteiger partial charge >= 0.3 is 0 Å². The van der Waals surface area contributed by atoms with Crippen LogP contribution in [0.15, 0.2) is 12.4 Å². The third-order valence-electron chi connectivity index (χ3n) is 2.88. The number of nitrogens with zero attached hydrogens (tertiary/aromatic N) is 2. The van der Waals surface area contributed by atoms with Crippen molar-refractivity contribution in [3.05, 3.63) is 18.2 Å². The van der Waals surface area contributed by atoms with E-state index in [4.69, 9.17) is 4.74 Å². The lowest BCUT2D eigenvalue weighted by atomic mass is 10.1. The summed E-state index contributed by atoms with van der Waals surface area (Å²) in [5, 5.41) is 3.50. The molecule has 4 heteroatoms. The molecule has 1 unspecified atom stereocenters.